The molecule has 0 aliphatic heterocycles. The Morgan fingerprint density at radius 1 is 0.949 bits per heavy atom. The second-order valence-corrected chi connectivity index (χ2v) is 9.29. The predicted molar refractivity (Wildman–Crippen MR) is 145 cm³/mol. The Labute approximate surface area is 225 Å². The number of ether oxygens (including phenoxy) is 1. The zero-order chi connectivity index (χ0) is 28.1. The summed E-state index contributed by atoms with van der Waals surface area (Å²) in [4.78, 5) is 48.3. The first-order valence-corrected chi connectivity index (χ1v) is 12.3. The number of fused-ring (bicyclic) bond motifs is 1. The van der Waals surface area contributed by atoms with Crippen molar-refractivity contribution in [3.63, 3.8) is 0 Å². The molecule has 7 N–H and O–H groups in total. The number of benzene rings is 3. The summed E-state index contributed by atoms with van der Waals surface area (Å²) >= 11 is 1.24. The van der Waals surface area contributed by atoms with Crippen LogP contribution in [0.4, 0.5) is 5.69 Å². The standard InChI is InChI=1S/C27H22N4O7S/c28-27(29)30-17-7-5-16(6-8-17)26(37)38-18-9-10-19-20(13-39-22(19)12-18)23(32)31-21(25(35)36)11-14-1-3-15(4-2-14)24(33)34/h1-10,12-13,21H,11H2,(H,31,32)(H,33,34)(H,35,36)(H4,28,29,30). The first kappa shape index (κ1) is 26.8. The molecule has 1 aromatic heterocycles. The van der Waals surface area contributed by atoms with Gasteiger partial charge in [0, 0.05) is 27.6 Å². The van der Waals surface area contributed by atoms with E-state index >= 15 is 0 Å². The average Bonchev–Trinajstić information content (AvgIpc) is 3.32. The second-order valence-electron chi connectivity index (χ2n) is 8.38. The summed E-state index contributed by atoms with van der Waals surface area (Å²) < 4.78 is 6.11. The van der Waals surface area contributed by atoms with Gasteiger partial charge in [0.25, 0.3) is 5.91 Å². The molecule has 0 aliphatic rings. The minimum Gasteiger partial charge on any atom is -0.480 e. The number of amides is 1. The number of nitrogens with one attached hydrogen (secondary N) is 3. The van der Waals surface area contributed by atoms with E-state index in [1.54, 1.807) is 29.6 Å². The maximum absolute atomic E-state index is 13.0. The van der Waals surface area contributed by atoms with Gasteiger partial charge in [-0.25, -0.2) is 14.4 Å². The number of thiophene rings is 1. The molecule has 0 saturated carbocycles. The summed E-state index contributed by atoms with van der Waals surface area (Å²) in [6.45, 7) is 0. The first-order valence-electron chi connectivity index (χ1n) is 11.4. The maximum atomic E-state index is 13.0. The Morgan fingerprint density at radius 2 is 1.62 bits per heavy atom. The number of nitrogens with two attached hydrogens (primary N) is 1. The molecule has 11 nitrogen and oxygen atoms in total. The van der Waals surface area contributed by atoms with Gasteiger partial charge < -0.3 is 31.3 Å². The molecule has 1 amide bonds. The molecule has 0 aliphatic carbocycles. The molecule has 1 heterocycles. The van der Waals surface area contributed by atoms with Gasteiger partial charge in [0.1, 0.15) is 11.8 Å². The van der Waals surface area contributed by atoms with Crippen LogP contribution in [-0.2, 0) is 11.2 Å². The molecule has 198 valence electrons. The largest absolute Gasteiger partial charge is 0.480 e. The fourth-order valence-corrected chi connectivity index (χ4v) is 4.68. The van der Waals surface area contributed by atoms with E-state index < -0.39 is 29.9 Å². The molecule has 3 aromatic carbocycles. The number of hydrogen-bond acceptors (Lipinski definition) is 7. The highest BCUT2D eigenvalue weighted by Crippen LogP contribution is 2.30. The fourth-order valence-electron chi connectivity index (χ4n) is 3.71. The molecule has 39 heavy (non-hydrogen) atoms. The first-order chi connectivity index (χ1) is 18.6. The highest BCUT2D eigenvalue weighted by atomic mass is 32.1. The minimum absolute atomic E-state index is 0.0328. The summed E-state index contributed by atoms with van der Waals surface area (Å²) in [5.74, 6) is -3.47. The second kappa shape index (κ2) is 11.4. The number of anilines is 1. The molecule has 4 aromatic rings. The van der Waals surface area contributed by atoms with Crippen molar-refractivity contribution in [1.29, 1.82) is 5.41 Å². The van der Waals surface area contributed by atoms with Crippen molar-refractivity contribution in [2.75, 3.05) is 5.32 Å². The van der Waals surface area contributed by atoms with Crippen LogP contribution in [0, 0.1) is 5.41 Å². The van der Waals surface area contributed by atoms with Crippen LogP contribution in [0.3, 0.4) is 0 Å². The molecule has 4 rings (SSSR count). The molecule has 0 radical (unpaired) electrons. The Hall–Kier alpha value is -5.23. The molecule has 0 spiro atoms. The Kier molecular flexibility index (Phi) is 7.87. The molecular formula is C27H22N4O7S. The van der Waals surface area contributed by atoms with Crippen LogP contribution in [0.5, 0.6) is 5.75 Å². The molecule has 1 unspecified atom stereocenters. The third-order valence-electron chi connectivity index (χ3n) is 5.65. The Morgan fingerprint density at radius 3 is 2.23 bits per heavy atom. The SMILES string of the molecule is N=C(N)Nc1ccc(C(=O)Oc2ccc3c(C(=O)NC(Cc4ccc(C(=O)O)cc4)C(=O)O)csc3c2)cc1. The summed E-state index contributed by atoms with van der Waals surface area (Å²) in [7, 11) is 0. The number of carboxylic acid groups (broad SMARTS) is 2. The van der Waals surface area contributed by atoms with Gasteiger partial charge in [0.05, 0.1) is 16.7 Å². The quantitative estimate of drug-likeness (QED) is 0.0788. The number of carboxylic acids is 2. The number of esters is 1. The molecule has 1 atom stereocenters. The van der Waals surface area contributed by atoms with Crippen molar-refractivity contribution < 1.29 is 34.1 Å². The smallest absolute Gasteiger partial charge is 0.343 e. The van der Waals surface area contributed by atoms with Gasteiger partial charge in [-0.05, 0) is 60.2 Å². The average molecular weight is 547 g/mol. The monoisotopic (exact) mass is 546 g/mol. The van der Waals surface area contributed by atoms with Crippen molar-refractivity contribution in [2.45, 2.75) is 12.5 Å². The fraction of sp³-hybridized carbons (Fsp3) is 0.0741. The van der Waals surface area contributed by atoms with Crippen LogP contribution in [-0.4, -0.2) is 46.0 Å². The van der Waals surface area contributed by atoms with Crippen LogP contribution in [0.15, 0.2) is 72.1 Å². The lowest BCUT2D eigenvalue weighted by Gasteiger charge is -2.14. The summed E-state index contributed by atoms with van der Waals surface area (Å²) in [5, 5.41) is 33.2. The van der Waals surface area contributed by atoms with E-state index in [1.807, 2.05) is 0 Å². The maximum Gasteiger partial charge on any atom is 0.343 e. The number of carbonyl (C=O) groups excluding carboxylic acids is 2. The zero-order valence-corrected chi connectivity index (χ0v) is 21.0. The lowest BCUT2D eigenvalue weighted by molar-refractivity contribution is -0.139. The number of guanidine groups is 1. The van der Waals surface area contributed by atoms with Crippen molar-refractivity contribution in [1.82, 2.24) is 5.32 Å². The van der Waals surface area contributed by atoms with E-state index in [4.69, 9.17) is 21.0 Å². The number of aromatic carboxylic acids is 1. The van der Waals surface area contributed by atoms with Gasteiger partial charge in [-0.3, -0.25) is 10.2 Å². The highest BCUT2D eigenvalue weighted by molar-refractivity contribution is 7.17. The predicted octanol–water partition coefficient (Wildman–Crippen LogP) is 3.55. The van der Waals surface area contributed by atoms with E-state index in [0.29, 0.717) is 21.3 Å². The Bertz CT molecular complexity index is 1580. The lowest BCUT2D eigenvalue weighted by Crippen LogP contribution is -2.42. The van der Waals surface area contributed by atoms with Gasteiger partial charge in [0.15, 0.2) is 5.96 Å². The van der Waals surface area contributed by atoms with Crippen molar-refractivity contribution in [3.8, 4) is 5.75 Å². The van der Waals surface area contributed by atoms with Crippen molar-refractivity contribution in [3.05, 3.63) is 94.4 Å². The molecule has 12 heteroatoms. The Balaban J connectivity index is 1.44. The molecule has 0 bridgehead atoms. The van der Waals surface area contributed by atoms with E-state index in [1.165, 1.54) is 53.8 Å². The van der Waals surface area contributed by atoms with Crippen molar-refractivity contribution >= 4 is 56.9 Å². The van der Waals surface area contributed by atoms with Gasteiger partial charge in [-0.2, -0.15) is 0 Å². The number of carbonyl (C=O) groups is 4. The lowest BCUT2D eigenvalue weighted by atomic mass is 10.0. The van der Waals surface area contributed by atoms with Gasteiger partial charge in [-0.1, -0.05) is 12.1 Å². The van der Waals surface area contributed by atoms with Crippen LogP contribution < -0.4 is 21.1 Å². The molecule has 0 fully saturated rings. The van der Waals surface area contributed by atoms with Crippen LogP contribution >= 0.6 is 11.3 Å². The van der Waals surface area contributed by atoms with E-state index in [-0.39, 0.29) is 34.8 Å². The van der Waals surface area contributed by atoms with Crippen LogP contribution in [0.1, 0.15) is 36.6 Å². The van der Waals surface area contributed by atoms with E-state index in [9.17, 15) is 24.3 Å². The number of hydrogen-bond donors (Lipinski definition) is 6. The van der Waals surface area contributed by atoms with E-state index in [0.717, 1.165) is 0 Å². The van der Waals surface area contributed by atoms with Crippen molar-refractivity contribution in [2.24, 2.45) is 5.73 Å². The minimum atomic E-state index is -1.24. The molecular weight excluding hydrogens is 524 g/mol. The van der Waals surface area contributed by atoms with Gasteiger partial charge in [0.2, 0.25) is 0 Å². The number of rotatable bonds is 9. The third-order valence-corrected chi connectivity index (χ3v) is 6.59. The number of aliphatic carboxylic acids is 1. The normalized spacial score (nSPS) is 11.4. The molecule has 0 saturated heterocycles. The zero-order valence-electron chi connectivity index (χ0n) is 20.1. The topological polar surface area (TPSA) is 192 Å². The van der Waals surface area contributed by atoms with Gasteiger partial charge in [-0.15, -0.1) is 11.3 Å². The summed E-state index contributed by atoms with van der Waals surface area (Å²) in [5.41, 5.74) is 7.02. The summed E-state index contributed by atoms with van der Waals surface area (Å²) in [6.07, 6.45) is -0.0328. The summed E-state index contributed by atoms with van der Waals surface area (Å²) in [6, 6.07) is 15.5. The van der Waals surface area contributed by atoms with Crippen LogP contribution in [0.25, 0.3) is 10.1 Å². The van der Waals surface area contributed by atoms with Gasteiger partial charge >= 0.3 is 17.9 Å². The third kappa shape index (κ3) is 6.56. The highest BCUT2D eigenvalue weighted by Gasteiger charge is 2.23. The van der Waals surface area contributed by atoms with Crippen LogP contribution in [0.2, 0.25) is 0 Å². The van der Waals surface area contributed by atoms with E-state index in [2.05, 4.69) is 10.6 Å².